The maximum atomic E-state index is 2.42. The maximum absolute atomic E-state index is 2.42. The topological polar surface area (TPSA) is 0 Å². The second-order valence-corrected chi connectivity index (χ2v) is 11.1. The van der Waals surface area contributed by atoms with E-state index in [2.05, 4.69) is 130 Å². The van der Waals surface area contributed by atoms with Crippen molar-refractivity contribution >= 4 is 12.2 Å². The fourth-order valence-corrected chi connectivity index (χ4v) is 6.48. The predicted molar refractivity (Wildman–Crippen MR) is 165 cm³/mol. The summed E-state index contributed by atoms with van der Waals surface area (Å²) in [4.78, 5) is 0. The summed E-state index contributed by atoms with van der Waals surface area (Å²) in [7, 11) is 0. The Hall–Kier alpha value is -3.38. The fraction of sp³-hybridized carbons (Fsp3) is 0.316. The van der Waals surface area contributed by atoms with Crippen molar-refractivity contribution in [2.45, 2.75) is 71.1 Å². The summed E-state index contributed by atoms with van der Waals surface area (Å²) in [6.45, 7) is 6.63. The van der Waals surface area contributed by atoms with E-state index in [9.17, 15) is 0 Å². The highest BCUT2D eigenvalue weighted by atomic mass is 14.5. The smallest absolute Gasteiger partial charge is 0.0479 e. The van der Waals surface area contributed by atoms with Gasteiger partial charge in [0.05, 0.1) is 0 Å². The van der Waals surface area contributed by atoms with Crippen LogP contribution in [0.2, 0.25) is 0 Å². The molecule has 38 heavy (non-hydrogen) atoms. The molecule has 4 aromatic rings. The van der Waals surface area contributed by atoms with Crippen LogP contribution in [0.3, 0.4) is 0 Å². The molecule has 0 heteroatoms. The molecular formula is C38H42. The molecule has 0 radical (unpaired) electrons. The van der Waals surface area contributed by atoms with E-state index in [4.69, 9.17) is 0 Å². The van der Waals surface area contributed by atoms with E-state index >= 15 is 0 Å². The summed E-state index contributed by atoms with van der Waals surface area (Å²) in [6, 6.07) is 37.3. The average molecular weight is 499 g/mol. The van der Waals surface area contributed by atoms with Gasteiger partial charge in [-0.1, -0.05) is 148 Å². The van der Waals surface area contributed by atoms with Crippen molar-refractivity contribution in [2.75, 3.05) is 0 Å². The van der Waals surface area contributed by atoms with Crippen molar-refractivity contribution in [3.05, 3.63) is 142 Å². The standard InChI is InChI=1S/C38H42/c1-4-30-17-23-35(24-18-30)38(34-9-7-6-8-10-34,36-25-19-31(5-2)20-26-36)37-27-21-33(22-28-37)16-15-32-13-11-29(3)12-14-32/h11-28,34H,4-10H2,1-3H3/b16-15+. The van der Waals surface area contributed by atoms with Crippen LogP contribution in [0.4, 0.5) is 0 Å². The lowest BCUT2D eigenvalue weighted by Gasteiger charge is -2.45. The molecule has 5 rings (SSSR count). The van der Waals surface area contributed by atoms with Gasteiger partial charge in [0, 0.05) is 5.41 Å². The first kappa shape index (κ1) is 26.2. The third-order valence-electron chi connectivity index (χ3n) is 8.76. The second-order valence-electron chi connectivity index (χ2n) is 11.1. The molecule has 1 fully saturated rings. The van der Waals surface area contributed by atoms with E-state index in [1.54, 1.807) is 0 Å². The van der Waals surface area contributed by atoms with Gasteiger partial charge in [-0.15, -0.1) is 0 Å². The van der Waals surface area contributed by atoms with E-state index < -0.39 is 0 Å². The molecule has 0 aromatic heterocycles. The first-order chi connectivity index (χ1) is 18.6. The summed E-state index contributed by atoms with van der Waals surface area (Å²) in [5, 5.41) is 0. The molecule has 1 aliphatic carbocycles. The summed E-state index contributed by atoms with van der Waals surface area (Å²) >= 11 is 0. The van der Waals surface area contributed by atoms with E-state index in [-0.39, 0.29) is 5.41 Å². The normalized spacial score (nSPS) is 14.7. The Bertz CT molecular complexity index is 1270. The SMILES string of the molecule is CCc1ccc(C(c2ccc(/C=C/c3ccc(C)cc3)cc2)(c2ccc(CC)cc2)C2CCCCC2)cc1. The molecule has 0 spiro atoms. The van der Waals surface area contributed by atoms with E-state index in [1.165, 1.54) is 76.6 Å². The third-order valence-corrected chi connectivity index (χ3v) is 8.76. The summed E-state index contributed by atoms with van der Waals surface area (Å²) in [6.07, 6.45) is 13.2. The lowest BCUT2D eigenvalue weighted by Crippen LogP contribution is -2.39. The highest BCUT2D eigenvalue weighted by Gasteiger charge is 2.43. The minimum Gasteiger partial charge on any atom is -0.0613 e. The van der Waals surface area contributed by atoms with Gasteiger partial charge in [0.25, 0.3) is 0 Å². The number of hydrogen-bond acceptors (Lipinski definition) is 0. The van der Waals surface area contributed by atoms with Crippen molar-refractivity contribution in [2.24, 2.45) is 5.92 Å². The molecule has 1 saturated carbocycles. The summed E-state index contributed by atoms with van der Waals surface area (Å²) in [5.41, 5.74) is 10.8. The Labute approximate surface area is 230 Å². The Balaban J connectivity index is 1.62. The number of aryl methyl sites for hydroxylation is 3. The Kier molecular flexibility index (Phi) is 8.28. The van der Waals surface area contributed by atoms with E-state index in [1.807, 2.05) is 0 Å². The van der Waals surface area contributed by atoms with Crippen LogP contribution in [0.5, 0.6) is 0 Å². The average Bonchev–Trinajstić information content (AvgIpc) is 2.99. The number of rotatable bonds is 8. The molecule has 0 nitrogen and oxygen atoms in total. The van der Waals surface area contributed by atoms with Crippen molar-refractivity contribution < 1.29 is 0 Å². The second kappa shape index (κ2) is 12.0. The van der Waals surface area contributed by atoms with Gasteiger partial charge in [-0.25, -0.2) is 0 Å². The molecule has 0 unspecified atom stereocenters. The molecule has 194 valence electrons. The Morgan fingerprint density at radius 2 is 0.947 bits per heavy atom. The molecule has 0 bridgehead atoms. The van der Waals surface area contributed by atoms with Gasteiger partial charge in [0.1, 0.15) is 0 Å². The lowest BCUT2D eigenvalue weighted by atomic mass is 9.58. The van der Waals surface area contributed by atoms with Gasteiger partial charge in [-0.3, -0.25) is 0 Å². The Morgan fingerprint density at radius 1 is 0.553 bits per heavy atom. The van der Waals surface area contributed by atoms with Gasteiger partial charge in [0.15, 0.2) is 0 Å². The molecule has 4 aromatic carbocycles. The number of hydrogen-bond donors (Lipinski definition) is 0. The molecule has 0 saturated heterocycles. The van der Waals surface area contributed by atoms with E-state index in [0.29, 0.717) is 5.92 Å². The van der Waals surface area contributed by atoms with Crippen LogP contribution in [-0.2, 0) is 18.3 Å². The van der Waals surface area contributed by atoms with Crippen LogP contribution in [0.1, 0.15) is 90.5 Å². The zero-order valence-corrected chi connectivity index (χ0v) is 23.4. The highest BCUT2D eigenvalue weighted by molar-refractivity contribution is 5.70. The van der Waals surface area contributed by atoms with Crippen LogP contribution in [0, 0.1) is 12.8 Å². The van der Waals surface area contributed by atoms with E-state index in [0.717, 1.165) is 12.8 Å². The van der Waals surface area contributed by atoms with Gasteiger partial charge in [0.2, 0.25) is 0 Å². The van der Waals surface area contributed by atoms with Gasteiger partial charge in [-0.05, 0) is 77.5 Å². The lowest BCUT2D eigenvalue weighted by molar-refractivity contribution is 0.271. The zero-order chi connectivity index (χ0) is 26.4. The van der Waals surface area contributed by atoms with Gasteiger partial charge < -0.3 is 0 Å². The highest BCUT2D eigenvalue weighted by Crippen LogP contribution is 2.50. The van der Waals surface area contributed by atoms with Crippen molar-refractivity contribution in [1.82, 2.24) is 0 Å². The number of benzene rings is 4. The molecule has 0 amide bonds. The minimum absolute atomic E-state index is 0.141. The van der Waals surface area contributed by atoms with Gasteiger partial charge >= 0.3 is 0 Å². The summed E-state index contributed by atoms with van der Waals surface area (Å²) < 4.78 is 0. The molecule has 0 aliphatic heterocycles. The molecule has 0 heterocycles. The molecule has 0 atom stereocenters. The first-order valence-electron chi connectivity index (χ1n) is 14.7. The zero-order valence-electron chi connectivity index (χ0n) is 23.4. The van der Waals surface area contributed by atoms with Crippen LogP contribution in [0.15, 0.2) is 97.1 Å². The first-order valence-corrected chi connectivity index (χ1v) is 14.7. The fourth-order valence-electron chi connectivity index (χ4n) is 6.48. The minimum atomic E-state index is -0.141. The summed E-state index contributed by atoms with van der Waals surface area (Å²) in [5.74, 6) is 0.588. The quantitative estimate of drug-likeness (QED) is 0.167. The van der Waals surface area contributed by atoms with Gasteiger partial charge in [-0.2, -0.15) is 0 Å². The van der Waals surface area contributed by atoms with Crippen LogP contribution < -0.4 is 0 Å². The van der Waals surface area contributed by atoms with Crippen LogP contribution in [-0.4, -0.2) is 0 Å². The van der Waals surface area contributed by atoms with Crippen LogP contribution >= 0.6 is 0 Å². The van der Waals surface area contributed by atoms with Crippen molar-refractivity contribution in [3.63, 3.8) is 0 Å². The molecular weight excluding hydrogens is 456 g/mol. The largest absolute Gasteiger partial charge is 0.0613 e. The maximum Gasteiger partial charge on any atom is 0.0479 e. The predicted octanol–water partition coefficient (Wildman–Crippen LogP) is 10.2. The van der Waals surface area contributed by atoms with Crippen molar-refractivity contribution in [3.8, 4) is 0 Å². The third kappa shape index (κ3) is 5.41. The monoisotopic (exact) mass is 498 g/mol. The molecule has 1 aliphatic rings. The molecule has 0 N–H and O–H groups in total. The van der Waals surface area contributed by atoms with Crippen LogP contribution in [0.25, 0.3) is 12.2 Å². The van der Waals surface area contributed by atoms with Crippen molar-refractivity contribution in [1.29, 1.82) is 0 Å². The Morgan fingerprint density at radius 3 is 1.37 bits per heavy atom.